The lowest BCUT2D eigenvalue weighted by atomic mass is 10.5. The van der Waals surface area contributed by atoms with Gasteiger partial charge in [0.05, 0.1) is 12.5 Å². The van der Waals surface area contributed by atoms with Gasteiger partial charge in [-0.15, -0.1) is 11.6 Å². The van der Waals surface area contributed by atoms with Crippen molar-refractivity contribution in [1.82, 2.24) is 5.16 Å². The summed E-state index contributed by atoms with van der Waals surface area (Å²) in [4.78, 5) is 10.8. The van der Waals surface area contributed by atoms with Crippen LogP contribution in [0.15, 0.2) is 10.6 Å². The fourth-order valence-electron chi connectivity index (χ4n) is 0.638. The number of alkyl halides is 1. The maximum atomic E-state index is 10.8. The zero-order valence-electron chi connectivity index (χ0n) is 6.95. The largest absolute Gasteiger partial charge is 0.515 e. The molecule has 0 N–H and O–H groups in total. The van der Waals surface area contributed by atoms with Crippen LogP contribution in [0.5, 0.6) is 5.88 Å². The van der Waals surface area contributed by atoms with Crippen molar-refractivity contribution in [3.05, 3.63) is 11.8 Å². The van der Waals surface area contributed by atoms with Crippen LogP contribution < -0.4 is 4.74 Å². The molecule has 0 amide bonds. The first-order valence-electron chi connectivity index (χ1n) is 3.62. The number of halogens is 1. The van der Waals surface area contributed by atoms with Crippen molar-refractivity contribution < 1.29 is 18.8 Å². The van der Waals surface area contributed by atoms with Gasteiger partial charge in [-0.1, -0.05) is 0 Å². The van der Waals surface area contributed by atoms with Crippen molar-refractivity contribution in [1.29, 1.82) is 0 Å². The van der Waals surface area contributed by atoms with Gasteiger partial charge in [0.15, 0.2) is 5.76 Å². The van der Waals surface area contributed by atoms with Crippen molar-refractivity contribution >= 4 is 17.8 Å². The Morgan fingerprint density at radius 1 is 1.77 bits per heavy atom. The van der Waals surface area contributed by atoms with E-state index in [0.717, 1.165) is 0 Å². The highest BCUT2D eigenvalue weighted by atomic mass is 35.5. The lowest BCUT2D eigenvalue weighted by molar-refractivity contribution is 0.101. The van der Waals surface area contributed by atoms with Crippen LogP contribution in [0.2, 0.25) is 0 Å². The van der Waals surface area contributed by atoms with E-state index in [0.29, 0.717) is 5.76 Å². The Balaban J connectivity index is 2.49. The Hall–Kier alpha value is -1.23. The first-order valence-corrected chi connectivity index (χ1v) is 4.16. The minimum Gasteiger partial charge on any atom is -0.434 e. The van der Waals surface area contributed by atoms with Gasteiger partial charge in [-0.3, -0.25) is 0 Å². The van der Waals surface area contributed by atoms with Gasteiger partial charge < -0.3 is 14.0 Å². The van der Waals surface area contributed by atoms with Gasteiger partial charge in [0.1, 0.15) is 0 Å². The maximum absolute atomic E-state index is 10.8. The molecule has 1 rings (SSSR count). The number of hydrogen-bond donors (Lipinski definition) is 0. The molecule has 1 aromatic rings. The molecule has 0 bridgehead atoms. The third-order valence-corrected chi connectivity index (χ3v) is 1.38. The van der Waals surface area contributed by atoms with Crippen LogP contribution in [0.3, 0.4) is 0 Å². The summed E-state index contributed by atoms with van der Waals surface area (Å²) in [5.74, 6) is 0.661. The summed E-state index contributed by atoms with van der Waals surface area (Å²) in [5, 5.41) is 3.43. The first kappa shape index (κ1) is 9.85. The molecule has 0 radical (unpaired) electrons. The number of hydrogen-bond acceptors (Lipinski definition) is 5. The van der Waals surface area contributed by atoms with Gasteiger partial charge >= 0.3 is 6.16 Å². The highest BCUT2D eigenvalue weighted by molar-refractivity contribution is 6.16. The molecule has 0 atom stereocenters. The van der Waals surface area contributed by atoms with E-state index in [1.54, 1.807) is 6.92 Å². The predicted octanol–water partition coefficient (Wildman–Crippen LogP) is 1.95. The molecule has 0 spiro atoms. The van der Waals surface area contributed by atoms with E-state index >= 15 is 0 Å². The second kappa shape index (κ2) is 4.71. The highest BCUT2D eigenvalue weighted by Gasteiger charge is 2.09. The molecule has 0 aliphatic heterocycles. The number of rotatable bonds is 3. The zero-order chi connectivity index (χ0) is 9.68. The molecule has 6 heteroatoms. The minimum absolute atomic E-state index is 0.0501. The lowest BCUT2D eigenvalue weighted by Gasteiger charge is -1.97. The topological polar surface area (TPSA) is 61.6 Å². The van der Waals surface area contributed by atoms with Crippen molar-refractivity contribution in [2.45, 2.75) is 12.8 Å². The second-order valence-electron chi connectivity index (χ2n) is 2.05. The Morgan fingerprint density at radius 2 is 2.54 bits per heavy atom. The van der Waals surface area contributed by atoms with Crippen LogP contribution in [0, 0.1) is 0 Å². The standard InChI is InChI=1S/C7H8ClNO4/c1-2-11-7(10)12-6-3-5(4-8)13-9-6/h3H,2,4H2,1H3. The van der Waals surface area contributed by atoms with Gasteiger partial charge in [0.2, 0.25) is 0 Å². The van der Waals surface area contributed by atoms with E-state index in [1.807, 2.05) is 0 Å². The van der Waals surface area contributed by atoms with E-state index < -0.39 is 6.16 Å². The van der Waals surface area contributed by atoms with E-state index in [1.165, 1.54) is 6.07 Å². The number of aromatic nitrogens is 1. The smallest absolute Gasteiger partial charge is 0.434 e. The molecular formula is C7H8ClNO4. The van der Waals surface area contributed by atoms with Crippen molar-refractivity contribution in [3.8, 4) is 5.88 Å². The van der Waals surface area contributed by atoms with Crippen LogP contribution in [-0.4, -0.2) is 17.9 Å². The minimum atomic E-state index is -0.808. The van der Waals surface area contributed by atoms with Crippen LogP contribution in [0.4, 0.5) is 4.79 Å². The Labute approximate surface area is 79.5 Å². The van der Waals surface area contributed by atoms with Gasteiger partial charge in [-0.25, -0.2) is 4.79 Å². The molecule has 1 heterocycles. The second-order valence-corrected chi connectivity index (χ2v) is 2.32. The molecule has 0 unspecified atom stereocenters. The van der Waals surface area contributed by atoms with E-state index in [9.17, 15) is 4.79 Å². The summed E-state index contributed by atoms with van der Waals surface area (Å²) >= 11 is 5.43. The normalized spacial score (nSPS) is 9.69. The van der Waals surface area contributed by atoms with Gasteiger partial charge in [0.25, 0.3) is 5.88 Å². The van der Waals surface area contributed by atoms with Gasteiger partial charge in [-0.05, 0) is 12.1 Å². The molecule has 0 saturated heterocycles. The van der Waals surface area contributed by atoms with Crippen LogP contribution >= 0.6 is 11.6 Å². The van der Waals surface area contributed by atoms with Gasteiger partial charge in [0, 0.05) is 6.07 Å². The molecule has 0 aliphatic carbocycles. The average molecular weight is 206 g/mol. The Morgan fingerprint density at radius 3 is 3.08 bits per heavy atom. The highest BCUT2D eigenvalue weighted by Crippen LogP contribution is 2.13. The molecular weight excluding hydrogens is 198 g/mol. The molecule has 0 saturated carbocycles. The van der Waals surface area contributed by atoms with Gasteiger partial charge in [-0.2, -0.15) is 0 Å². The Kier molecular flexibility index (Phi) is 3.57. The Bertz CT molecular complexity index is 286. The summed E-state index contributed by atoms with van der Waals surface area (Å²) in [6.07, 6.45) is -0.808. The predicted molar refractivity (Wildman–Crippen MR) is 43.7 cm³/mol. The molecule has 0 aromatic carbocycles. The third-order valence-electron chi connectivity index (χ3n) is 1.12. The fourth-order valence-corrected chi connectivity index (χ4v) is 0.764. The van der Waals surface area contributed by atoms with E-state index in [4.69, 9.17) is 11.6 Å². The zero-order valence-corrected chi connectivity index (χ0v) is 7.71. The van der Waals surface area contributed by atoms with E-state index in [-0.39, 0.29) is 18.4 Å². The molecule has 5 nitrogen and oxygen atoms in total. The summed E-state index contributed by atoms with van der Waals surface area (Å²) in [7, 11) is 0. The number of carbonyl (C=O) groups excluding carboxylic acids is 1. The lowest BCUT2D eigenvalue weighted by Crippen LogP contribution is -2.09. The van der Waals surface area contributed by atoms with Crippen molar-refractivity contribution in [3.63, 3.8) is 0 Å². The molecule has 0 fully saturated rings. The third kappa shape index (κ3) is 2.95. The molecule has 0 aliphatic rings. The van der Waals surface area contributed by atoms with Crippen LogP contribution in [0.1, 0.15) is 12.7 Å². The summed E-state index contributed by atoms with van der Waals surface area (Å²) in [6.45, 7) is 1.92. The number of nitrogens with zero attached hydrogens (tertiary/aromatic N) is 1. The summed E-state index contributed by atoms with van der Waals surface area (Å²) < 4.78 is 13.8. The first-order chi connectivity index (χ1) is 6.26. The molecule has 1 aromatic heterocycles. The van der Waals surface area contributed by atoms with E-state index in [2.05, 4.69) is 19.2 Å². The summed E-state index contributed by atoms with van der Waals surface area (Å²) in [5.41, 5.74) is 0. The number of carbonyl (C=O) groups is 1. The average Bonchev–Trinajstić information content (AvgIpc) is 2.52. The van der Waals surface area contributed by atoms with Crippen molar-refractivity contribution in [2.75, 3.05) is 6.61 Å². The number of ether oxygens (including phenoxy) is 2. The fraction of sp³-hybridized carbons (Fsp3) is 0.429. The monoisotopic (exact) mass is 205 g/mol. The van der Waals surface area contributed by atoms with Crippen LogP contribution in [0.25, 0.3) is 0 Å². The van der Waals surface area contributed by atoms with Crippen molar-refractivity contribution in [2.24, 2.45) is 0 Å². The maximum Gasteiger partial charge on any atom is 0.515 e. The summed E-state index contributed by atoms with van der Waals surface area (Å²) in [6, 6.07) is 1.42. The SMILES string of the molecule is CCOC(=O)Oc1cc(CCl)on1. The molecule has 72 valence electrons. The molecule has 13 heavy (non-hydrogen) atoms. The van der Waals surface area contributed by atoms with Crippen LogP contribution in [-0.2, 0) is 10.6 Å². The quantitative estimate of drug-likeness (QED) is 0.558.